The number of likely N-dealkylation sites (tertiary alicyclic amines) is 1. The molecule has 5 rings (SSSR count). The zero-order valence-electron chi connectivity index (χ0n) is 21.6. The fraction of sp³-hybridized carbons (Fsp3) is 0.429. The van der Waals surface area contributed by atoms with Crippen LogP contribution in [0.5, 0.6) is 0 Å². The molecule has 1 aromatic heterocycles. The van der Waals surface area contributed by atoms with Gasteiger partial charge in [0.2, 0.25) is 0 Å². The molecule has 0 spiro atoms. The smallest absolute Gasteiger partial charge is 0.383 e. The number of rotatable bonds is 7. The maximum absolute atomic E-state index is 13.1. The summed E-state index contributed by atoms with van der Waals surface area (Å²) in [5, 5.41) is 3.01. The molecule has 3 aromatic rings. The molecule has 0 saturated carbocycles. The second-order valence-electron chi connectivity index (χ2n) is 9.91. The zero-order valence-corrected chi connectivity index (χ0v) is 21.6. The van der Waals surface area contributed by atoms with Gasteiger partial charge in [-0.25, -0.2) is 9.78 Å². The lowest BCUT2D eigenvalue weighted by molar-refractivity contribution is -0.137. The monoisotopic (exact) mass is 527 g/mol. The van der Waals surface area contributed by atoms with E-state index in [4.69, 9.17) is 9.72 Å². The van der Waals surface area contributed by atoms with Crippen LogP contribution in [0.2, 0.25) is 0 Å². The van der Waals surface area contributed by atoms with E-state index < -0.39 is 11.7 Å². The van der Waals surface area contributed by atoms with Crippen molar-refractivity contribution in [1.29, 1.82) is 0 Å². The normalized spacial score (nSPS) is 17.0. The van der Waals surface area contributed by atoms with Crippen molar-refractivity contribution in [3.63, 3.8) is 0 Å². The quantitative estimate of drug-likeness (QED) is 0.439. The van der Waals surface area contributed by atoms with Crippen molar-refractivity contribution in [3.05, 3.63) is 71.0 Å². The van der Waals surface area contributed by atoms with Crippen LogP contribution in [0.25, 0.3) is 11.4 Å². The highest BCUT2D eigenvalue weighted by molar-refractivity contribution is 5.92. The average molecular weight is 528 g/mol. The second-order valence-corrected chi connectivity index (χ2v) is 9.91. The highest BCUT2D eigenvalue weighted by Gasteiger charge is 2.32. The maximum atomic E-state index is 13.1. The summed E-state index contributed by atoms with van der Waals surface area (Å²) in [6.45, 7) is 5.93. The summed E-state index contributed by atoms with van der Waals surface area (Å²) in [5.74, 6) is 0.641. The van der Waals surface area contributed by atoms with Gasteiger partial charge < -0.3 is 19.5 Å². The van der Waals surface area contributed by atoms with E-state index in [1.54, 1.807) is 7.11 Å². The third-order valence-electron chi connectivity index (χ3n) is 7.54. The number of hydrogen-bond donors (Lipinski definition) is 1. The molecule has 0 bridgehead atoms. The number of alkyl halides is 3. The number of amides is 2. The summed E-state index contributed by atoms with van der Waals surface area (Å²) in [5.41, 5.74) is 3.85. The fourth-order valence-electron chi connectivity index (χ4n) is 5.34. The molecule has 7 nitrogen and oxygen atoms in total. The van der Waals surface area contributed by atoms with Crippen LogP contribution in [0.15, 0.2) is 48.5 Å². The predicted molar refractivity (Wildman–Crippen MR) is 139 cm³/mol. The van der Waals surface area contributed by atoms with Gasteiger partial charge in [-0.05, 0) is 43.5 Å². The molecule has 0 atom stereocenters. The number of urea groups is 1. The largest absolute Gasteiger partial charge is 0.416 e. The van der Waals surface area contributed by atoms with Crippen molar-refractivity contribution >= 4 is 11.7 Å². The van der Waals surface area contributed by atoms with E-state index in [0.717, 1.165) is 60.7 Å². The van der Waals surface area contributed by atoms with Crippen LogP contribution in [0.3, 0.4) is 0 Å². The topological polar surface area (TPSA) is 62.6 Å². The summed E-state index contributed by atoms with van der Waals surface area (Å²) in [7, 11) is 1.62. The highest BCUT2D eigenvalue weighted by Crippen LogP contribution is 2.32. The number of piperidine rings is 1. The molecule has 2 aromatic carbocycles. The molecule has 38 heavy (non-hydrogen) atoms. The molecule has 202 valence electrons. The lowest BCUT2D eigenvalue weighted by Gasteiger charge is -2.40. The number of carbonyl (C=O) groups excluding carboxylic acids is 1. The number of halogens is 3. The standard InChI is InChI=1S/C28H32F3N5O2/c1-19-25(32-26(35(19)15-16-38-2)20-7-9-22(10-8-20)28(29,30)31)18-34-13-11-23(12-14-34)36-17-21-5-3-4-6-24(21)33-27(36)37/h3-10,23H,11-18H2,1-2H3,(H,33,37). The Bertz CT molecular complexity index is 1280. The Hall–Kier alpha value is -3.37. The van der Waals surface area contributed by atoms with E-state index in [9.17, 15) is 18.0 Å². The van der Waals surface area contributed by atoms with E-state index in [1.807, 2.05) is 40.7 Å². The van der Waals surface area contributed by atoms with Gasteiger partial charge in [0.25, 0.3) is 0 Å². The predicted octanol–water partition coefficient (Wildman–Crippen LogP) is 5.54. The van der Waals surface area contributed by atoms with E-state index in [-0.39, 0.29) is 12.1 Å². The van der Waals surface area contributed by atoms with E-state index in [1.165, 1.54) is 12.1 Å². The summed E-state index contributed by atoms with van der Waals surface area (Å²) in [6.07, 6.45) is -2.65. The lowest BCUT2D eigenvalue weighted by Crippen LogP contribution is -2.50. The molecule has 2 aliphatic heterocycles. The molecule has 0 aliphatic carbocycles. The van der Waals surface area contributed by atoms with Gasteiger partial charge in [-0.1, -0.05) is 30.3 Å². The Morgan fingerprint density at radius 1 is 1.08 bits per heavy atom. The average Bonchev–Trinajstić information content (AvgIpc) is 3.21. The molecule has 0 unspecified atom stereocenters. The van der Waals surface area contributed by atoms with Crippen molar-refractivity contribution in [2.24, 2.45) is 0 Å². The van der Waals surface area contributed by atoms with Crippen molar-refractivity contribution in [2.75, 3.05) is 32.1 Å². The fourth-order valence-corrected chi connectivity index (χ4v) is 5.34. The maximum Gasteiger partial charge on any atom is 0.416 e. The Morgan fingerprint density at radius 3 is 2.47 bits per heavy atom. The highest BCUT2D eigenvalue weighted by atomic mass is 19.4. The Kier molecular flexibility index (Phi) is 7.45. The third kappa shape index (κ3) is 5.42. The number of benzene rings is 2. The van der Waals surface area contributed by atoms with E-state index in [2.05, 4.69) is 10.2 Å². The van der Waals surface area contributed by atoms with Gasteiger partial charge in [0.15, 0.2) is 0 Å². The number of nitrogens with zero attached hydrogens (tertiary/aromatic N) is 4. The molecule has 2 amide bonds. The first kappa shape index (κ1) is 26.2. The van der Waals surface area contributed by atoms with Crippen molar-refractivity contribution in [3.8, 4) is 11.4 Å². The number of fused-ring (bicyclic) bond motifs is 1. The number of aromatic nitrogens is 2. The Balaban J connectivity index is 1.28. The third-order valence-corrected chi connectivity index (χ3v) is 7.54. The Labute approximate surface area is 220 Å². The first-order chi connectivity index (χ1) is 18.2. The van der Waals surface area contributed by atoms with Crippen molar-refractivity contribution < 1.29 is 22.7 Å². The van der Waals surface area contributed by atoms with Gasteiger partial charge in [0.05, 0.1) is 17.9 Å². The molecule has 2 aliphatic rings. The van der Waals surface area contributed by atoms with Gasteiger partial charge in [0.1, 0.15) is 5.82 Å². The van der Waals surface area contributed by atoms with Gasteiger partial charge in [-0.2, -0.15) is 13.2 Å². The van der Waals surface area contributed by atoms with Gasteiger partial charge in [0, 0.05) is 62.8 Å². The summed E-state index contributed by atoms with van der Waals surface area (Å²) >= 11 is 0. The molecule has 0 radical (unpaired) electrons. The SMILES string of the molecule is COCCn1c(-c2ccc(C(F)(F)F)cc2)nc(CN2CCC(N3Cc4ccccc4NC3=O)CC2)c1C. The first-order valence-electron chi connectivity index (χ1n) is 12.8. The minimum atomic E-state index is -4.38. The number of imidazole rings is 1. The van der Waals surface area contributed by atoms with Crippen LogP contribution in [0, 0.1) is 6.92 Å². The molecule has 10 heteroatoms. The number of methoxy groups -OCH3 is 1. The summed E-state index contributed by atoms with van der Waals surface area (Å²) < 4.78 is 46.5. The number of anilines is 1. The molecular weight excluding hydrogens is 495 g/mol. The van der Waals surface area contributed by atoms with Crippen molar-refractivity contribution in [2.45, 2.75) is 51.6 Å². The number of hydrogen-bond acceptors (Lipinski definition) is 4. The molecular formula is C28H32F3N5O2. The number of ether oxygens (including phenoxy) is 1. The van der Waals surface area contributed by atoms with Crippen LogP contribution >= 0.6 is 0 Å². The summed E-state index contributed by atoms with van der Waals surface area (Å²) in [4.78, 5) is 21.9. The molecule has 1 saturated heterocycles. The van der Waals surface area contributed by atoms with Crippen LogP contribution in [0.4, 0.5) is 23.7 Å². The van der Waals surface area contributed by atoms with Gasteiger partial charge in [-0.3, -0.25) is 4.90 Å². The van der Waals surface area contributed by atoms with Crippen molar-refractivity contribution in [1.82, 2.24) is 19.4 Å². The Morgan fingerprint density at radius 2 is 1.79 bits per heavy atom. The van der Waals surface area contributed by atoms with Crippen LogP contribution in [0.1, 0.15) is 35.4 Å². The second kappa shape index (κ2) is 10.8. The zero-order chi connectivity index (χ0) is 26.9. The van der Waals surface area contributed by atoms with Gasteiger partial charge in [-0.15, -0.1) is 0 Å². The van der Waals surface area contributed by atoms with E-state index >= 15 is 0 Å². The molecule has 1 N–H and O–H groups in total. The lowest BCUT2D eigenvalue weighted by atomic mass is 10.0. The van der Waals surface area contributed by atoms with Crippen LogP contribution < -0.4 is 5.32 Å². The number of para-hydroxylation sites is 1. The van der Waals surface area contributed by atoms with Crippen LogP contribution in [-0.4, -0.2) is 58.2 Å². The number of nitrogens with one attached hydrogen (secondary N) is 1. The minimum Gasteiger partial charge on any atom is -0.383 e. The van der Waals surface area contributed by atoms with Crippen LogP contribution in [-0.2, 0) is 30.5 Å². The molecule has 3 heterocycles. The number of carbonyl (C=O) groups is 1. The minimum absolute atomic E-state index is 0.0453. The van der Waals surface area contributed by atoms with E-state index in [0.29, 0.717) is 37.6 Å². The van der Waals surface area contributed by atoms with Gasteiger partial charge >= 0.3 is 12.2 Å². The molecule has 1 fully saturated rings. The first-order valence-corrected chi connectivity index (χ1v) is 12.8. The summed E-state index contributed by atoms with van der Waals surface area (Å²) in [6, 6.07) is 13.2.